The number of aromatic nitrogens is 5. The highest BCUT2D eigenvalue weighted by molar-refractivity contribution is 6.04. The van der Waals surface area contributed by atoms with Crippen LogP contribution in [0.5, 0.6) is 0 Å². The summed E-state index contributed by atoms with van der Waals surface area (Å²) >= 11 is 0. The third kappa shape index (κ3) is 3.88. The number of carbonyl (C=O) groups excluding carboxylic acids is 1. The molecule has 4 rings (SSSR count). The van der Waals surface area contributed by atoms with E-state index in [0.29, 0.717) is 11.5 Å². The van der Waals surface area contributed by atoms with Crippen molar-refractivity contribution in [3.05, 3.63) is 35.9 Å². The van der Waals surface area contributed by atoms with Crippen LogP contribution < -0.4 is 15.5 Å². The molecule has 1 aliphatic rings. The molecule has 0 spiro atoms. The van der Waals surface area contributed by atoms with Crippen molar-refractivity contribution in [3.8, 4) is 0 Å². The van der Waals surface area contributed by atoms with Crippen molar-refractivity contribution in [3.63, 3.8) is 0 Å². The summed E-state index contributed by atoms with van der Waals surface area (Å²) in [5.41, 5.74) is -0.892. The highest BCUT2D eigenvalue weighted by Gasteiger charge is 2.37. The van der Waals surface area contributed by atoms with Crippen LogP contribution in [-0.2, 0) is 13.2 Å². The van der Waals surface area contributed by atoms with E-state index in [-0.39, 0.29) is 5.69 Å². The number of rotatable bonds is 3. The number of hydrogen-bond donors (Lipinski definition) is 2. The molecular formula is C17H19F3N8O. The zero-order valence-electron chi connectivity index (χ0n) is 15.6. The lowest BCUT2D eigenvalue weighted by molar-refractivity contribution is -0.140. The number of amides is 1. The van der Waals surface area contributed by atoms with Gasteiger partial charge in [-0.1, -0.05) is 0 Å². The Balaban J connectivity index is 1.64. The van der Waals surface area contributed by atoms with Crippen molar-refractivity contribution < 1.29 is 18.0 Å². The second-order valence-corrected chi connectivity index (χ2v) is 6.72. The average molecular weight is 408 g/mol. The van der Waals surface area contributed by atoms with E-state index in [9.17, 15) is 18.0 Å². The number of nitrogens with one attached hydrogen (secondary N) is 2. The van der Waals surface area contributed by atoms with Crippen molar-refractivity contribution in [2.75, 3.05) is 36.4 Å². The van der Waals surface area contributed by atoms with Gasteiger partial charge in [0.2, 0.25) is 5.95 Å². The Morgan fingerprint density at radius 3 is 2.83 bits per heavy atom. The van der Waals surface area contributed by atoms with Gasteiger partial charge in [0, 0.05) is 32.9 Å². The van der Waals surface area contributed by atoms with Crippen LogP contribution in [0.25, 0.3) is 5.52 Å². The highest BCUT2D eigenvalue weighted by Crippen LogP contribution is 2.33. The standard InChI is InChI=1S/C17H19F3N8O/c1-26-10-12(14(24-26)17(18,19)20)23-15(29)13-4-3-11-9-22-16(25-28(11)13)27-7-2-5-21-6-8-27/h3-4,9-10,21H,2,5-8H2,1H3,(H,23,29). The van der Waals surface area contributed by atoms with Crippen molar-refractivity contribution in [2.24, 2.45) is 7.05 Å². The van der Waals surface area contributed by atoms with Gasteiger partial charge in [-0.2, -0.15) is 18.3 Å². The quantitative estimate of drug-likeness (QED) is 0.683. The molecule has 9 nitrogen and oxygen atoms in total. The molecule has 0 atom stereocenters. The van der Waals surface area contributed by atoms with E-state index in [2.05, 4.69) is 25.8 Å². The van der Waals surface area contributed by atoms with E-state index in [1.54, 1.807) is 12.3 Å². The molecule has 1 saturated heterocycles. The SMILES string of the molecule is Cn1cc(NC(=O)c2ccc3cnc(N4CCCNCC4)nn23)c(C(F)(F)F)n1. The van der Waals surface area contributed by atoms with Gasteiger partial charge in [-0.3, -0.25) is 9.48 Å². The summed E-state index contributed by atoms with van der Waals surface area (Å²) < 4.78 is 41.8. The topological polar surface area (TPSA) is 92.4 Å². The molecule has 0 unspecified atom stereocenters. The Morgan fingerprint density at radius 2 is 2.03 bits per heavy atom. The number of halogens is 3. The molecule has 2 N–H and O–H groups in total. The third-order valence-electron chi connectivity index (χ3n) is 4.59. The molecule has 0 aliphatic carbocycles. The first-order chi connectivity index (χ1) is 13.8. The highest BCUT2D eigenvalue weighted by atomic mass is 19.4. The minimum absolute atomic E-state index is 0.105. The predicted molar refractivity (Wildman–Crippen MR) is 98.8 cm³/mol. The first-order valence-corrected chi connectivity index (χ1v) is 9.05. The van der Waals surface area contributed by atoms with Crippen LogP contribution in [0.15, 0.2) is 24.5 Å². The molecule has 4 heterocycles. The van der Waals surface area contributed by atoms with Crippen molar-refractivity contribution >= 4 is 23.1 Å². The van der Waals surface area contributed by atoms with Crippen LogP contribution in [0.1, 0.15) is 22.6 Å². The Morgan fingerprint density at radius 1 is 1.21 bits per heavy atom. The maximum atomic E-state index is 13.1. The van der Waals surface area contributed by atoms with Crippen LogP contribution in [0.2, 0.25) is 0 Å². The van der Waals surface area contributed by atoms with E-state index in [4.69, 9.17) is 0 Å². The smallest absolute Gasteiger partial charge is 0.338 e. The van der Waals surface area contributed by atoms with E-state index < -0.39 is 23.5 Å². The first-order valence-electron chi connectivity index (χ1n) is 9.05. The van der Waals surface area contributed by atoms with Gasteiger partial charge in [0.05, 0.1) is 17.4 Å². The molecule has 154 valence electrons. The van der Waals surface area contributed by atoms with Crippen LogP contribution >= 0.6 is 0 Å². The van der Waals surface area contributed by atoms with Crippen molar-refractivity contribution in [2.45, 2.75) is 12.6 Å². The summed E-state index contributed by atoms with van der Waals surface area (Å²) in [6.45, 7) is 3.19. The molecule has 0 saturated carbocycles. The van der Waals surface area contributed by atoms with Crippen molar-refractivity contribution in [1.82, 2.24) is 29.7 Å². The zero-order chi connectivity index (χ0) is 20.6. The van der Waals surface area contributed by atoms with Crippen molar-refractivity contribution in [1.29, 1.82) is 0 Å². The van der Waals surface area contributed by atoms with E-state index in [1.165, 1.54) is 17.6 Å². The molecule has 1 fully saturated rings. The molecule has 1 aliphatic heterocycles. The Kier molecular flexibility index (Phi) is 4.86. The molecular weight excluding hydrogens is 389 g/mol. The van der Waals surface area contributed by atoms with Crippen LogP contribution in [-0.4, -0.2) is 56.5 Å². The largest absolute Gasteiger partial charge is 0.437 e. The molecule has 1 amide bonds. The van der Waals surface area contributed by atoms with Gasteiger partial charge in [-0.25, -0.2) is 9.50 Å². The Bertz CT molecular complexity index is 1030. The second-order valence-electron chi connectivity index (χ2n) is 6.72. The number of carbonyl (C=O) groups is 1. The van der Waals surface area contributed by atoms with E-state index >= 15 is 0 Å². The maximum absolute atomic E-state index is 13.1. The van der Waals surface area contributed by atoms with Gasteiger partial charge < -0.3 is 15.5 Å². The third-order valence-corrected chi connectivity index (χ3v) is 4.59. The van der Waals surface area contributed by atoms with Crippen LogP contribution in [0.3, 0.4) is 0 Å². The number of alkyl halides is 3. The van der Waals surface area contributed by atoms with Crippen LogP contribution in [0, 0.1) is 0 Å². The number of anilines is 2. The number of aryl methyl sites for hydroxylation is 1. The summed E-state index contributed by atoms with van der Waals surface area (Å²) in [6, 6.07) is 3.13. The number of nitrogens with zero attached hydrogens (tertiary/aromatic N) is 6. The van der Waals surface area contributed by atoms with Gasteiger partial charge in [-0.05, 0) is 25.1 Å². The Labute approximate surface area is 163 Å². The molecule has 0 aromatic carbocycles. The predicted octanol–water partition coefficient (Wildman–Crippen LogP) is 1.53. The number of hydrogen-bond acceptors (Lipinski definition) is 6. The van der Waals surface area contributed by atoms with E-state index in [1.807, 2.05) is 4.90 Å². The van der Waals surface area contributed by atoms with Gasteiger partial charge in [-0.15, -0.1) is 5.10 Å². The molecule has 3 aromatic rings. The molecule has 29 heavy (non-hydrogen) atoms. The molecule has 12 heteroatoms. The summed E-state index contributed by atoms with van der Waals surface area (Å²) in [5, 5.41) is 13.4. The average Bonchev–Trinajstić information content (AvgIpc) is 3.14. The Hall–Kier alpha value is -3.15. The van der Waals surface area contributed by atoms with Gasteiger partial charge in [0.25, 0.3) is 5.91 Å². The fraction of sp³-hybridized carbons (Fsp3) is 0.412. The minimum Gasteiger partial charge on any atom is -0.338 e. The zero-order valence-corrected chi connectivity index (χ0v) is 15.6. The summed E-state index contributed by atoms with van der Waals surface area (Å²) in [4.78, 5) is 19.1. The normalized spacial score (nSPS) is 15.5. The summed E-state index contributed by atoms with van der Waals surface area (Å²) in [5.74, 6) is -0.255. The lowest BCUT2D eigenvalue weighted by Crippen LogP contribution is -2.30. The van der Waals surface area contributed by atoms with E-state index in [0.717, 1.165) is 43.5 Å². The fourth-order valence-electron chi connectivity index (χ4n) is 3.23. The van der Waals surface area contributed by atoms with Gasteiger partial charge in [0.15, 0.2) is 5.69 Å². The molecule has 3 aromatic heterocycles. The second kappa shape index (κ2) is 7.35. The maximum Gasteiger partial charge on any atom is 0.437 e. The summed E-state index contributed by atoms with van der Waals surface area (Å²) in [6.07, 6.45) is -1.05. The van der Waals surface area contributed by atoms with Crippen LogP contribution in [0.4, 0.5) is 24.8 Å². The van der Waals surface area contributed by atoms with Gasteiger partial charge in [0.1, 0.15) is 5.69 Å². The minimum atomic E-state index is -4.68. The molecule has 0 radical (unpaired) electrons. The summed E-state index contributed by atoms with van der Waals surface area (Å²) in [7, 11) is 1.35. The lowest BCUT2D eigenvalue weighted by atomic mass is 10.3. The first kappa shape index (κ1) is 19.2. The lowest BCUT2D eigenvalue weighted by Gasteiger charge is -2.19. The molecule has 0 bridgehead atoms. The van der Waals surface area contributed by atoms with Gasteiger partial charge >= 0.3 is 6.18 Å². The fourth-order valence-corrected chi connectivity index (χ4v) is 3.23. The monoisotopic (exact) mass is 408 g/mol. The number of fused-ring (bicyclic) bond motifs is 1.